The lowest BCUT2D eigenvalue weighted by Crippen LogP contribution is -2.43. The van der Waals surface area contributed by atoms with Crippen molar-refractivity contribution >= 4 is 0 Å². The molecule has 5 nitrogen and oxygen atoms in total. The van der Waals surface area contributed by atoms with Crippen LogP contribution >= 0.6 is 0 Å². The van der Waals surface area contributed by atoms with Gasteiger partial charge in [0.2, 0.25) is 5.89 Å². The number of nitrogens with zero attached hydrogens (tertiary/aromatic N) is 3. The molecule has 0 saturated carbocycles. The van der Waals surface area contributed by atoms with Crippen LogP contribution in [0.15, 0.2) is 4.52 Å². The minimum atomic E-state index is 0.732. The molecule has 0 amide bonds. The number of likely N-dealkylation sites (tertiary alicyclic amines) is 1. The van der Waals surface area contributed by atoms with Crippen molar-refractivity contribution in [1.82, 2.24) is 20.4 Å². The maximum atomic E-state index is 5.41. The SMILES string of the molecule is CCCCc1noc(CN2CCCC(C3CCCN3)C2)n1. The van der Waals surface area contributed by atoms with Crippen molar-refractivity contribution in [3.63, 3.8) is 0 Å². The molecular weight excluding hydrogens is 264 g/mol. The van der Waals surface area contributed by atoms with Gasteiger partial charge in [0.25, 0.3) is 0 Å². The second-order valence-electron chi connectivity index (χ2n) is 6.55. The second kappa shape index (κ2) is 7.36. The van der Waals surface area contributed by atoms with Crippen molar-refractivity contribution in [1.29, 1.82) is 0 Å². The number of piperidine rings is 1. The van der Waals surface area contributed by atoms with Crippen LogP contribution in [0.5, 0.6) is 0 Å². The Kier molecular flexibility index (Phi) is 5.25. The number of hydrogen-bond donors (Lipinski definition) is 1. The molecule has 0 radical (unpaired) electrons. The molecule has 0 aliphatic carbocycles. The molecule has 0 bridgehead atoms. The number of aromatic nitrogens is 2. The summed E-state index contributed by atoms with van der Waals surface area (Å²) in [7, 11) is 0. The molecule has 2 fully saturated rings. The van der Waals surface area contributed by atoms with Gasteiger partial charge in [0, 0.05) is 19.0 Å². The third-order valence-electron chi connectivity index (χ3n) is 4.83. The number of nitrogens with one attached hydrogen (secondary N) is 1. The number of hydrogen-bond acceptors (Lipinski definition) is 5. The third kappa shape index (κ3) is 4.04. The topological polar surface area (TPSA) is 54.2 Å². The van der Waals surface area contributed by atoms with Crippen molar-refractivity contribution in [3.8, 4) is 0 Å². The van der Waals surface area contributed by atoms with E-state index < -0.39 is 0 Å². The first-order chi connectivity index (χ1) is 10.3. The van der Waals surface area contributed by atoms with Crippen LogP contribution in [0, 0.1) is 5.92 Å². The van der Waals surface area contributed by atoms with Gasteiger partial charge in [0.05, 0.1) is 6.54 Å². The van der Waals surface area contributed by atoms with E-state index in [1.807, 2.05) is 0 Å². The smallest absolute Gasteiger partial charge is 0.240 e. The van der Waals surface area contributed by atoms with Gasteiger partial charge in [-0.1, -0.05) is 18.5 Å². The van der Waals surface area contributed by atoms with Crippen molar-refractivity contribution in [2.45, 2.75) is 64.5 Å². The largest absolute Gasteiger partial charge is 0.338 e. The molecule has 2 aliphatic rings. The van der Waals surface area contributed by atoms with E-state index in [1.165, 1.54) is 45.2 Å². The summed E-state index contributed by atoms with van der Waals surface area (Å²) >= 11 is 0. The monoisotopic (exact) mass is 292 g/mol. The summed E-state index contributed by atoms with van der Waals surface area (Å²) in [6.07, 6.45) is 8.59. The molecule has 21 heavy (non-hydrogen) atoms. The zero-order valence-corrected chi connectivity index (χ0v) is 13.2. The van der Waals surface area contributed by atoms with Crippen molar-refractivity contribution in [2.75, 3.05) is 19.6 Å². The maximum absolute atomic E-state index is 5.41. The van der Waals surface area contributed by atoms with Gasteiger partial charge in [-0.3, -0.25) is 4.90 Å². The van der Waals surface area contributed by atoms with E-state index >= 15 is 0 Å². The average Bonchev–Trinajstić information content (AvgIpc) is 3.17. The Labute approximate surface area is 127 Å². The van der Waals surface area contributed by atoms with Crippen molar-refractivity contribution < 1.29 is 4.52 Å². The molecule has 0 aromatic carbocycles. The first-order valence-corrected chi connectivity index (χ1v) is 8.62. The predicted molar refractivity (Wildman–Crippen MR) is 81.9 cm³/mol. The normalized spacial score (nSPS) is 27.3. The third-order valence-corrected chi connectivity index (χ3v) is 4.83. The molecule has 3 heterocycles. The first-order valence-electron chi connectivity index (χ1n) is 8.62. The molecule has 118 valence electrons. The molecule has 3 rings (SSSR count). The van der Waals surface area contributed by atoms with E-state index in [-0.39, 0.29) is 0 Å². The summed E-state index contributed by atoms with van der Waals surface area (Å²) < 4.78 is 5.41. The maximum Gasteiger partial charge on any atom is 0.240 e. The van der Waals surface area contributed by atoms with Crippen LogP contribution in [0.2, 0.25) is 0 Å². The van der Waals surface area contributed by atoms with Gasteiger partial charge in [0.1, 0.15) is 0 Å². The number of unbranched alkanes of at least 4 members (excludes halogenated alkanes) is 1. The molecule has 2 aliphatic heterocycles. The lowest BCUT2D eigenvalue weighted by molar-refractivity contribution is 0.131. The van der Waals surface area contributed by atoms with Crippen LogP contribution in [-0.4, -0.2) is 40.7 Å². The van der Waals surface area contributed by atoms with Crippen molar-refractivity contribution in [3.05, 3.63) is 11.7 Å². The summed E-state index contributed by atoms with van der Waals surface area (Å²) in [5.74, 6) is 2.46. The molecule has 1 aromatic rings. The fraction of sp³-hybridized carbons (Fsp3) is 0.875. The van der Waals surface area contributed by atoms with E-state index in [1.54, 1.807) is 0 Å². The average molecular weight is 292 g/mol. The zero-order valence-electron chi connectivity index (χ0n) is 13.2. The Hall–Kier alpha value is -0.940. The van der Waals surface area contributed by atoms with Gasteiger partial charge in [-0.15, -0.1) is 0 Å². The van der Waals surface area contributed by atoms with Crippen LogP contribution in [0.3, 0.4) is 0 Å². The van der Waals surface area contributed by atoms with Gasteiger partial charge >= 0.3 is 0 Å². The first kappa shape index (κ1) is 15.0. The minimum absolute atomic E-state index is 0.732. The molecule has 0 spiro atoms. The van der Waals surface area contributed by atoms with E-state index in [4.69, 9.17) is 4.52 Å². The molecule has 2 saturated heterocycles. The number of aryl methyl sites for hydroxylation is 1. The van der Waals surface area contributed by atoms with Gasteiger partial charge in [-0.05, 0) is 51.1 Å². The van der Waals surface area contributed by atoms with Gasteiger partial charge in [0.15, 0.2) is 5.82 Å². The standard InChI is InChI=1S/C16H28N4O/c1-2-3-8-15-18-16(21-19-15)12-20-10-5-6-13(11-20)14-7-4-9-17-14/h13-14,17H,2-12H2,1H3. The fourth-order valence-corrected chi connectivity index (χ4v) is 3.66. The lowest BCUT2D eigenvalue weighted by Gasteiger charge is -2.35. The Morgan fingerprint density at radius 2 is 2.29 bits per heavy atom. The van der Waals surface area contributed by atoms with Crippen LogP contribution in [0.25, 0.3) is 0 Å². The van der Waals surface area contributed by atoms with E-state index in [0.717, 1.165) is 49.6 Å². The Morgan fingerprint density at radius 3 is 3.10 bits per heavy atom. The van der Waals surface area contributed by atoms with Crippen LogP contribution in [0.4, 0.5) is 0 Å². The highest BCUT2D eigenvalue weighted by Gasteiger charge is 2.29. The Bertz CT molecular complexity index is 428. The van der Waals surface area contributed by atoms with Crippen molar-refractivity contribution in [2.24, 2.45) is 5.92 Å². The summed E-state index contributed by atoms with van der Waals surface area (Å²) in [4.78, 5) is 7.02. The second-order valence-corrected chi connectivity index (χ2v) is 6.55. The van der Waals surface area contributed by atoms with E-state index in [0.29, 0.717) is 0 Å². The molecule has 1 N–H and O–H groups in total. The highest BCUT2D eigenvalue weighted by Crippen LogP contribution is 2.25. The predicted octanol–water partition coefficient (Wildman–Crippen LogP) is 2.38. The van der Waals surface area contributed by atoms with Crippen LogP contribution < -0.4 is 5.32 Å². The quantitative estimate of drug-likeness (QED) is 0.872. The summed E-state index contributed by atoms with van der Waals surface area (Å²) in [5, 5.41) is 7.75. The van der Waals surface area contributed by atoms with Gasteiger partial charge in [-0.2, -0.15) is 4.98 Å². The number of rotatable bonds is 6. The molecule has 2 unspecified atom stereocenters. The van der Waals surface area contributed by atoms with E-state index in [9.17, 15) is 0 Å². The summed E-state index contributed by atoms with van der Waals surface area (Å²) in [6.45, 7) is 6.54. The van der Waals surface area contributed by atoms with Crippen LogP contribution in [-0.2, 0) is 13.0 Å². The van der Waals surface area contributed by atoms with E-state index in [2.05, 4.69) is 27.3 Å². The Balaban J connectivity index is 1.50. The fourth-order valence-electron chi connectivity index (χ4n) is 3.66. The zero-order chi connectivity index (χ0) is 14.5. The molecule has 2 atom stereocenters. The van der Waals surface area contributed by atoms with Gasteiger partial charge in [-0.25, -0.2) is 0 Å². The molecule has 1 aromatic heterocycles. The van der Waals surface area contributed by atoms with Gasteiger partial charge < -0.3 is 9.84 Å². The molecule has 5 heteroatoms. The van der Waals surface area contributed by atoms with Crippen LogP contribution in [0.1, 0.15) is 57.2 Å². The lowest BCUT2D eigenvalue weighted by atomic mass is 9.90. The summed E-state index contributed by atoms with van der Waals surface area (Å²) in [5.41, 5.74) is 0. The minimum Gasteiger partial charge on any atom is -0.338 e. The highest BCUT2D eigenvalue weighted by atomic mass is 16.5. The highest BCUT2D eigenvalue weighted by molar-refractivity contribution is 4.90. The summed E-state index contributed by atoms with van der Waals surface area (Å²) in [6, 6.07) is 0.732. The molecular formula is C16H28N4O. The Morgan fingerprint density at radius 1 is 1.33 bits per heavy atom.